The van der Waals surface area contributed by atoms with E-state index in [1.54, 1.807) is 12.0 Å². The summed E-state index contributed by atoms with van der Waals surface area (Å²) in [5, 5.41) is 11.3. The Morgan fingerprint density at radius 1 is 1.10 bits per heavy atom. The van der Waals surface area contributed by atoms with E-state index in [-0.39, 0.29) is 18.4 Å². The van der Waals surface area contributed by atoms with Crippen LogP contribution in [0.2, 0.25) is 0 Å². The third-order valence-electron chi connectivity index (χ3n) is 5.15. The van der Waals surface area contributed by atoms with Gasteiger partial charge in [0, 0.05) is 37.9 Å². The fraction of sp³-hybridized carbons (Fsp3) is 0.286. The number of piperazine rings is 1. The Bertz CT molecular complexity index is 981. The van der Waals surface area contributed by atoms with E-state index in [4.69, 9.17) is 14.2 Å². The number of hydrogen-bond donors (Lipinski definition) is 0. The van der Waals surface area contributed by atoms with E-state index in [0.717, 1.165) is 11.4 Å². The maximum absolute atomic E-state index is 12.6. The molecular weight excluding hydrogens is 390 g/mol. The lowest BCUT2D eigenvalue weighted by Gasteiger charge is -2.35. The number of nitro benzene ring substituents is 1. The molecule has 156 valence electrons. The predicted molar refractivity (Wildman–Crippen MR) is 110 cm³/mol. The van der Waals surface area contributed by atoms with E-state index in [0.29, 0.717) is 43.2 Å². The van der Waals surface area contributed by atoms with E-state index in [2.05, 4.69) is 4.90 Å². The second-order valence-corrected chi connectivity index (χ2v) is 6.87. The average Bonchev–Trinajstić information content (AvgIpc) is 3.24. The van der Waals surface area contributed by atoms with Gasteiger partial charge in [0.1, 0.15) is 5.75 Å². The van der Waals surface area contributed by atoms with Crippen LogP contribution in [0.25, 0.3) is 6.08 Å². The number of carbonyl (C=O) groups excluding carboxylic acids is 1. The first kappa shape index (κ1) is 19.6. The third-order valence-corrected chi connectivity index (χ3v) is 5.15. The van der Waals surface area contributed by atoms with Crippen molar-refractivity contribution >= 4 is 23.4 Å². The molecule has 0 radical (unpaired) electrons. The minimum atomic E-state index is -0.500. The molecule has 2 heterocycles. The number of hydrogen-bond acceptors (Lipinski definition) is 7. The summed E-state index contributed by atoms with van der Waals surface area (Å²) < 4.78 is 15.6. The van der Waals surface area contributed by atoms with Crippen LogP contribution >= 0.6 is 0 Å². The molecule has 9 heteroatoms. The molecule has 1 amide bonds. The van der Waals surface area contributed by atoms with Gasteiger partial charge in [-0.05, 0) is 36.4 Å². The van der Waals surface area contributed by atoms with Crippen molar-refractivity contribution in [2.24, 2.45) is 0 Å². The molecule has 2 aliphatic rings. The van der Waals surface area contributed by atoms with Crippen molar-refractivity contribution in [1.29, 1.82) is 0 Å². The van der Waals surface area contributed by atoms with Crippen molar-refractivity contribution in [3.8, 4) is 17.2 Å². The highest BCUT2D eigenvalue weighted by Gasteiger charge is 2.23. The molecule has 2 aromatic rings. The van der Waals surface area contributed by atoms with Crippen LogP contribution in [0.1, 0.15) is 5.56 Å². The number of rotatable bonds is 5. The van der Waals surface area contributed by atoms with Crippen molar-refractivity contribution in [1.82, 2.24) is 4.90 Å². The number of nitrogens with zero attached hydrogens (tertiary/aromatic N) is 3. The second kappa shape index (κ2) is 8.32. The van der Waals surface area contributed by atoms with E-state index in [1.807, 2.05) is 24.3 Å². The van der Waals surface area contributed by atoms with E-state index < -0.39 is 4.92 Å². The normalized spacial score (nSPS) is 15.5. The van der Waals surface area contributed by atoms with Crippen LogP contribution in [-0.4, -0.2) is 55.8 Å². The van der Waals surface area contributed by atoms with Crippen LogP contribution < -0.4 is 19.1 Å². The molecule has 2 aromatic carbocycles. The van der Waals surface area contributed by atoms with Gasteiger partial charge in [-0.15, -0.1) is 0 Å². The summed E-state index contributed by atoms with van der Waals surface area (Å²) in [4.78, 5) is 27.4. The first-order valence-corrected chi connectivity index (χ1v) is 9.49. The Labute approximate surface area is 173 Å². The molecule has 0 bridgehead atoms. The molecular formula is C21H21N3O6. The quantitative estimate of drug-likeness (QED) is 0.424. The highest BCUT2D eigenvalue weighted by molar-refractivity contribution is 5.92. The van der Waals surface area contributed by atoms with Crippen LogP contribution in [0, 0.1) is 10.1 Å². The molecule has 4 rings (SSSR count). The first-order valence-electron chi connectivity index (χ1n) is 9.49. The Morgan fingerprint density at radius 3 is 2.40 bits per heavy atom. The van der Waals surface area contributed by atoms with Gasteiger partial charge in [-0.2, -0.15) is 0 Å². The van der Waals surface area contributed by atoms with Gasteiger partial charge in [-0.1, -0.05) is 0 Å². The molecule has 0 saturated carbocycles. The molecule has 0 aliphatic carbocycles. The Hall–Kier alpha value is -3.75. The number of amides is 1. The monoisotopic (exact) mass is 411 g/mol. The fourth-order valence-corrected chi connectivity index (χ4v) is 3.48. The highest BCUT2D eigenvalue weighted by Crippen LogP contribution is 2.38. The number of anilines is 1. The summed E-state index contributed by atoms with van der Waals surface area (Å²) in [6, 6.07) is 10.7. The van der Waals surface area contributed by atoms with Crippen molar-refractivity contribution in [2.75, 3.05) is 45.0 Å². The van der Waals surface area contributed by atoms with Gasteiger partial charge in [0.15, 0.2) is 11.5 Å². The standard InChI is InChI=1S/C21H21N3O6/c1-28-17-5-3-16(4-6-17)22-8-10-23(11-9-22)21(25)7-2-15-12-19-20(30-14-29-19)13-18(15)24(26)27/h2-7,12-13H,8-11,14H2,1H3/b7-2+. The zero-order valence-electron chi connectivity index (χ0n) is 16.4. The minimum absolute atomic E-state index is 0.0249. The van der Waals surface area contributed by atoms with Crippen molar-refractivity contribution in [3.63, 3.8) is 0 Å². The zero-order chi connectivity index (χ0) is 21.1. The van der Waals surface area contributed by atoms with Crippen LogP contribution in [0.15, 0.2) is 42.5 Å². The van der Waals surface area contributed by atoms with Gasteiger partial charge >= 0.3 is 0 Å². The van der Waals surface area contributed by atoms with Crippen LogP contribution in [0.4, 0.5) is 11.4 Å². The molecule has 0 N–H and O–H groups in total. The lowest BCUT2D eigenvalue weighted by Crippen LogP contribution is -2.48. The van der Waals surface area contributed by atoms with Crippen LogP contribution in [0.3, 0.4) is 0 Å². The SMILES string of the molecule is COc1ccc(N2CCN(C(=O)/C=C/c3cc4c(cc3[N+](=O)[O-])OCO4)CC2)cc1. The van der Waals surface area contributed by atoms with Gasteiger partial charge in [-0.3, -0.25) is 14.9 Å². The molecule has 2 aliphatic heterocycles. The fourth-order valence-electron chi connectivity index (χ4n) is 3.48. The number of nitro groups is 1. The molecule has 0 spiro atoms. The smallest absolute Gasteiger partial charge is 0.280 e. The molecule has 30 heavy (non-hydrogen) atoms. The van der Waals surface area contributed by atoms with Crippen molar-refractivity contribution < 1.29 is 23.9 Å². The minimum Gasteiger partial charge on any atom is -0.497 e. The van der Waals surface area contributed by atoms with E-state index in [9.17, 15) is 14.9 Å². The van der Waals surface area contributed by atoms with Gasteiger partial charge in [0.2, 0.25) is 12.7 Å². The number of ether oxygens (including phenoxy) is 3. The average molecular weight is 411 g/mol. The zero-order valence-corrected chi connectivity index (χ0v) is 16.4. The summed E-state index contributed by atoms with van der Waals surface area (Å²) in [5.74, 6) is 1.38. The van der Waals surface area contributed by atoms with E-state index >= 15 is 0 Å². The van der Waals surface area contributed by atoms with Gasteiger partial charge in [-0.25, -0.2) is 0 Å². The van der Waals surface area contributed by atoms with Crippen LogP contribution in [-0.2, 0) is 4.79 Å². The van der Waals surface area contributed by atoms with E-state index in [1.165, 1.54) is 24.3 Å². The summed E-state index contributed by atoms with van der Waals surface area (Å²) in [6.45, 7) is 2.57. The number of fused-ring (bicyclic) bond motifs is 1. The number of carbonyl (C=O) groups is 1. The molecule has 1 fully saturated rings. The molecule has 0 aromatic heterocycles. The summed E-state index contributed by atoms with van der Waals surface area (Å²) in [6.07, 6.45) is 2.83. The largest absolute Gasteiger partial charge is 0.497 e. The number of benzene rings is 2. The third kappa shape index (κ3) is 4.00. The van der Waals surface area contributed by atoms with Crippen molar-refractivity contribution in [3.05, 3.63) is 58.2 Å². The topological polar surface area (TPSA) is 94.4 Å². The molecule has 9 nitrogen and oxygen atoms in total. The summed E-state index contributed by atoms with van der Waals surface area (Å²) in [7, 11) is 1.63. The molecule has 0 atom stereocenters. The summed E-state index contributed by atoms with van der Waals surface area (Å²) in [5.41, 5.74) is 1.25. The molecule has 0 unspecified atom stereocenters. The van der Waals surface area contributed by atoms with Gasteiger partial charge in [0.05, 0.1) is 23.7 Å². The Kier molecular flexibility index (Phi) is 5.42. The Balaban J connectivity index is 1.40. The Morgan fingerprint density at radius 2 is 1.77 bits per heavy atom. The highest BCUT2D eigenvalue weighted by atomic mass is 16.7. The van der Waals surface area contributed by atoms with Gasteiger partial charge in [0.25, 0.3) is 5.69 Å². The first-order chi connectivity index (χ1) is 14.5. The number of methoxy groups -OCH3 is 1. The van der Waals surface area contributed by atoms with Gasteiger partial charge < -0.3 is 24.0 Å². The van der Waals surface area contributed by atoms with Crippen molar-refractivity contribution in [2.45, 2.75) is 0 Å². The second-order valence-electron chi connectivity index (χ2n) is 6.87. The van der Waals surface area contributed by atoms with Crippen LogP contribution in [0.5, 0.6) is 17.2 Å². The predicted octanol–water partition coefficient (Wildman–Crippen LogP) is 2.69. The maximum Gasteiger partial charge on any atom is 0.280 e. The lowest BCUT2D eigenvalue weighted by atomic mass is 10.1. The maximum atomic E-state index is 12.6. The molecule has 1 saturated heterocycles. The summed E-state index contributed by atoms with van der Waals surface area (Å²) >= 11 is 0. The lowest BCUT2D eigenvalue weighted by molar-refractivity contribution is -0.385.